The molecule has 0 saturated heterocycles. The van der Waals surface area contributed by atoms with Gasteiger partial charge in [0.05, 0.1) is 12.0 Å². The van der Waals surface area contributed by atoms with E-state index in [0.29, 0.717) is 12.0 Å². The van der Waals surface area contributed by atoms with Crippen LogP contribution in [-0.4, -0.2) is 44.4 Å². The Balaban J connectivity index is 4.42. The van der Waals surface area contributed by atoms with Crippen molar-refractivity contribution in [2.45, 2.75) is 68.2 Å². The summed E-state index contributed by atoms with van der Waals surface area (Å²) < 4.78 is 15.3. The standard InChI is InChI=1S/C22H39NO6/c1-10-21(7,8)15-22(9,20(4,5)6)18(25)28-13-14-29-19(26)23-11-12-27-17(24)16(2)3/h2,10-15H2,1,3-9H3,(H,23,26). The van der Waals surface area contributed by atoms with Gasteiger partial charge in [-0.2, -0.15) is 0 Å². The molecule has 7 nitrogen and oxygen atoms in total. The van der Waals surface area contributed by atoms with Crippen molar-refractivity contribution in [3.63, 3.8) is 0 Å². The van der Waals surface area contributed by atoms with Gasteiger partial charge in [0, 0.05) is 5.57 Å². The molecule has 0 radical (unpaired) electrons. The molecule has 0 saturated carbocycles. The van der Waals surface area contributed by atoms with Crippen LogP contribution in [0, 0.1) is 16.2 Å². The summed E-state index contributed by atoms with van der Waals surface area (Å²) >= 11 is 0. The minimum absolute atomic E-state index is 0.00499. The van der Waals surface area contributed by atoms with E-state index in [0.717, 1.165) is 6.42 Å². The van der Waals surface area contributed by atoms with Crippen molar-refractivity contribution in [3.8, 4) is 0 Å². The van der Waals surface area contributed by atoms with Gasteiger partial charge >= 0.3 is 18.0 Å². The highest BCUT2D eigenvalue weighted by molar-refractivity contribution is 5.86. The number of ether oxygens (including phenoxy) is 3. The van der Waals surface area contributed by atoms with Gasteiger partial charge in [-0.25, -0.2) is 9.59 Å². The summed E-state index contributed by atoms with van der Waals surface area (Å²) in [6, 6.07) is 0. The molecule has 0 aliphatic heterocycles. The summed E-state index contributed by atoms with van der Waals surface area (Å²) in [4.78, 5) is 35.7. The summed E-state index contributed by atoms with van der Waals surface area (Å²) in [5, 5.41) is 2.45. The van der Waals surface area contributed by atoms with Gasteiger partial charge in [-0.3, -0.25) is 4.79 Å². The van der Waals surface area contributed by atoms with Gasteiger partial charge in [-0.1, -0.05) is 54.5 Å². The van der Waals surface area contributed by atoms with Crippen molar-refractivity contribution in [3.05, 3.63) is 12.2 Å². The summed E-state index contributed by atoms with van der Waals surface area (Å²) in [5.41, 5.74) is -0.651. The Morgan fingerprint density at radius 3 is 1.93 bits per heavy atom. The third kappa shape index (κ3) is 9.33. The van der Waals surface area contributed by atoms with Crippen LogP contribution in [0.15, 0.2) is 12.2 Å². The van der Waals surface area contributed by atoms with Crippen molar-refractivity contribution in [2.75, 3.05) is 26.4 Å². The number of nitrogens with one attached hydrogen (secondary N) is 1. The summed E-state index contributed by atoms with van der Waals surface area (Å²) in [6.07, 6.45) is 0.984. The first-order chi connectivity index (χ1) is 13.2. The SMILES string of the molecule is C=C(C)C(=O)OCCNC(=O)OCCOC(=O)C(C)(CC(C)(C)CC)C(C)(C)C. The second-order valence-electron chi connectivity index (χ2n) is 9.39. The van der Waals surface area contributed by atoms with Crippen LogP contribution >= 0.6 is 0 Å². The molecule has 0 rings (SSSR count). The van der Waals surface area contributed by atoms with E-state index < -0.39 is 17.5 Å². The zero-order valence-corrected chi connectivity index (χ0v) is 19.4. The van der Waals surface area contributed by atoms with E-state index in [4.69, 9.17) is 14.2 Å². The highest BCUT2D eigenvalue weighted by atomic mass is 16.6. The van der Waals surface area contributed by atoms with Crippen molar-refractivity contribution < 1.29 is 28.6 Å². The van der Waals surface area contributed by atoms with Crippen molar-refractivity contribution in [1.29, 1.82) is 0 Å². The van der Waals surface area contributed by atoms with E-state index in [-0.39, 0.29) is 43.2 Å². The van der Waals surface area contributed by atoms with E-state index in [9.17, 15) is 14.4 Å². The molecule has 1 amide bonds. The van der Waals surface area contributed by atoms with E-state index >= 15 is 0 Å². The number of carbonyl (C=O) groups excluding carboxylic acids is 3. The van der Waals surface area contributed by atoms with Gasteiger partial charge < -0.3 is 19.5 Å². The molecule has 1 unspecified atom stereocenters. The molecule has 0 aliphatic rings. The lowest BCUT2D eigenvalue weighted by atomic mass is 9.60. The Kier molecular flexibility index (Phi) is 10.4. The lowest BCUT2D eigenvalue weighted by Gasteiger charge is -2.44. The predicted octanol–water partition coefficient (Wildman–Crippen LogP) is 4.25. The number of rotatable bonds is 11. The van der Waals surface area contributed by atoms with Crippen LogP contribution in [0.25, 0.3) is 0 Å². The van der Waals surface area contributed by atoms with E-state index in [1.54, 1.807) is 6.92 Å². The monoisotopic (exact) mass is 413 g/mol. The molecule has 0 bridgehead atoms. The zero-order valence-electron chi connectivity index (χ0n) is 19.4. The first-order valence-corrected chi connectivity index (χ1v) is 10.1. The quantitative estimate of drug-likeness (QED) is 0.236. The van der Waals surface area contributed by atoms with Crippen molar-refractivity contribution in [1.82, 2.24) is 5.32 Å². The number of carbonyl (C=O) groups is 3. The van der Waals surface area contributed by atoms with Crippen molar-refractivity contribution in [2.24, 2.45) is 16.2 Å². The van der Waals surface area contributed by atoms with E-state index in [1.165, 1.54) is 0 Å². The van der Waals surface area contributed by atoms with Gasteiger partial charge in [0.25, 0.3) is 0 Å². The van der Waals surface area contributed by atoms with Crippen LogP contribution in [0.3, 0.4) is 0 Å². The fraction of sp³-hybridized carbons (Fsp3) is 0.773. The van der Waals surface area contributed by atoms with Crippen molar-refractivity contribution >= 4 is 18.0 Å². The Hall–Kier alpha value is -2.05. The molecule has 168 valence electrons. The van der Waals surface area contributed by atoms with Gasteiger partial charge in [-0.15, -0.1) is 0 Å². The maximum Gasteiger partial charge on any atom is 0.407 e. The van der Waals surface area contributed by atoms with Crippen LogP contribution in [-0.2, 0) is 23.8 Å². The minimum Gasteiger partial charge on any atom is -0.462 e. The number of hydrogen-bond acceptors (Lipinski definition) is 6. The number of alkyl carbamates (subject to hydrolysis) is 1. The third-order valence-electron chi connectivity index (χ3n) is 5.40. The summed E-state index contributed by atoms with van der Waals surface area (Å²) in [6.45, 7) is 19.5. The molecule has 0 spiro atoms. The molecular weight excluding hydrogens is 374 g/mol. The Labute approximate surface area is 175 Å². The first kappa shape index (κ1) is 27.0. The number of esters is 2. The Morgan fingerprint density at radius 2 is 1.45 bits per heavy atom. The lowest BCUT2D eigenvalue weighted by molar-refractivity contribution is -0.166. The Bertz CT molecular complexity index is 591. The molecule has 0 heterocycles. The topological polar surface area (TPSA) is 90.9 Å². The molecule has 0 aromatic heterocycles. The fourth-order valence-electron chi connectivity index (χ4n) is 2.62. The molecule has 7 heteroatoms. The molecular formula is C22H39NO6. The normalized spacial score (nSPS) is 13.8. The molecule has 0 fully saturated rings. The molecule has 0 aliphatic carbocycles. The predicted molar refractivity (Wildman–Crippen MR) is 112 cm³/mol. The van der Waals surface area contributed by atoms with Gasteiger partial charge in [0.2, 0.25) is 0 Å². The molecule has 29 heavy (non-hydrogen) atoms. The van der Waals surface area contributed by atoms with E-state index in [1.807, 2.05) is 27.7 Å². The summed E-state index contributed by atoms with van der Waals surface area (Å²) in [5.74, 6) is -0.803. The van der Waals surface area contributed by atoms with Gasteiger partial charge in [0.1, 0.15) is 19.8 Å². The average molecular weight is 414 g/mol. The molecule has 1 atom stereocenters. The van der Waals surface area contributed by atoms with Crippen LogP contribution < -0.4 is 5.32 Å². The summed E-state index contributed by atoms with van der Waals surface area (Å²) in [7, 11) is 0. The third-order valence-corrected chi connectivity index (χ3v) is 5.40. The molecule has 0 aromatic carbocycles. The van der Waals surface area contributed by atoms with Crippen LogP contribution in [0.1, 0.15) is 68.2 Å². The second kappa shape index (κ2) is 11.2. The highest BCUT2D eigenvalue weighted by Crippen LogP contribution is 2.48. The number of amides is 1. The van der Waals surface area contributed by atoms with Crippen LogP contribution in [0.4, 0.5) is 4.79 Å². The van der Waals surface area contributed by atoms with E-state index in [2.05, 4.69) is 32.7 Å². The highest BCUT2D eigenvalue weighted by Gasteiger charge is 2.48. The smallest absolute Gasteiger partial charge is 0.407 e. The minimum atomic E-state index is -0.668. The number of hydrogen-bond donors (Lipinski definition) is 1. The average Bonchev–Trinajstić information content (AvgIpc) is 2.60. The molecule has 0 aromatic rings. The maximum absolute atomic E-state index is 12.8. The van der Waals surface area contributed by atoms with Gasteiger partial charge in [0.15, 0.2) is 0 Å². The van der Waals surface area contributed by atoms with Crippen LogP contribution in [0.2, 0.25) is 0 Å². The largest absolute Gasteiger partial charge is 0.462 e. The second-order valence-corrected chi connectivity index (χ2v) is 9.39. The lowest BCUT2D eigenvalue weighted by Crippen LogP contribution is -2.45. The Morgan fingerprint density at radius 1 is 0.897 bits per heavy atom. The first-order valence-electron chi connectivity index (χ1n) is 10.1. The fourth-order valence-corrected chi connectivity index (χ4v) is 2.62. The molecule has 1 N–H and O–H groups in total. The van der Waals surface area contributed by atoms with Gasteiger partial charge in [-0.05, 0) is 31.1 Å². The zero-order chi connectivity index (χ0) is 22.9. The maximum atomic E-state index is 12.8. The van der Waals surface area contributed by atoms with Crippen LogP contribution in [0.5, 0.6) is 0 Å².